The van der Waals surface area contributed by atoms with Crippen molar-refractivity contribution in [1.29, 1.82) is 0 Å². The topological polar surface area (TPSA) is 70.6 Å². The van der Waals surface area contributed by atoms with Gasteiger partial charge < -0.3 is 5.32 Å². The Bertz CT molecular complexity index is 764. The molecule has 0 heterocycles. The summed E-state index contributed by atoms with van der Waals surface area (Å²) < 4.78 is 0. The van der Waals surface area contributed by atoms with Crippen molar-refractivity contribution in [1.82, 2.24) is 10.7 Å². The van der Waals surface area contributed by atoms with Crippen LogP contribution in [0.1, 0.15) is 29.3 Å². The molecule has 27 heavy (non-hydrogen) atoms. The smallest absolute Gasteiger partial charge is 0.262 e. The lowest BCUT2D eigenvalue weighted by molar-refractivity contribution is -0.123. The molecule has 0 spiro atoms. The molecule has 0 aromatic heterocycles. The Balaban J connectivity index is 1.97. The molecule has 0 aliphatic heterocycles. The van der Waals surface area contributed by atoms with E-state index >= 15 is 0 Å². The van der Waals surface area contributed by atoms with Gasteiger partial charge in [0.2, 0.25) is 0 Å². The van der Waals surface area contributed by atoms with Crippen molar-refractivity contribution >= 4 is 29.3 Å². The van der Waals surface area contributed by atoms with Gasteiger partial charge in [-0.25, -0.2) is 5.43 Å². The van der Waals surface area contributed by atoms with Crippen LogP contribution in [-0.2, 0) is 11.2 Å². The number of hydrazone groups is 1. The molecule has 2 N–H and O–H groups in total. The number of nitrogens with one attached hydrogen (secondary N) is 2. The Morgan fingerprint density at radius 3 is 2.30 bits per heavy atom. The Labute approximate surface area is 164 Å². The zero-order valence-electron chi connectivity index (χ0n) is 15.6. The maximum absolute atomic E-state index is 12.5. The molecular weight excluding hydrogens is 358 g/mol. The van der Waals surface area contributed by atoms with Crippen molar-refractivity contribution in [3.05, 3.63) is 71.8 Å². The Morgan fingerprint density at radius 1 is 1.04 bits per heavy atom. The zero-order chi connectivity index (χ0) is 19.5. The standard InChI is InChI=1S/C21H25N3O2S/c1-16(15-17-9-5-3-6-10-17)23-24-21(26)19(13-14-27-2)22-20(25)18-11-7-4-8-12-18/h3-12,19H,13-15H2,1-2H3,(H,22,25)(H,24,26)/b23-16-/t19-/m1/s1. The number of carbonyl (C=O) groups is 2. The largest absolute Gasteiger partial charge is 0.340 e. The van der Waals surface area contributed by atoms with Gasteiger partial charge in [-0.1, -0.05) is 48.5 Å². The SMILES string of the molecule is CSCC[C@@H](NC(=O)c1ccccc1)C(=O)N/N=C(/C)Cc1ccccc1. The first-order valence-corrected chi connectivity index (χ1v) is 10.2. The van der Waals surface area contributed by atoms with E-state index in [1.807, 2.05) is 49.6 Å². The van der Waals surface area contributed by atoms with Gasteiger partial charge in [-0.2, -0.15) is 16.9 Å². The first-order chi connectivity index (χ1) is 13.1. The monoisotopic (exact) mass is 383 g/mol. The Kier molecular flexibility index (Phi) is 8.58. The van der Waals surface area contributed by atoms with Gasteiger partial charge in [-0.3, -0.25) is 9.59 Å². The number of hydrogen-bond donors (Lipinski definition) is 2. The van der Waals surface area contributed by atoms with Crippen LogP contribution in [0, 0.1) is 0 Å². The lowest BCUT2D eigenvalue weighted by atomic mass is 10.1. The van der Waals surface area contributed by atoms with Crippen LogP contribution < -0.4 is 10.7 Å². The molecule has 2 rings (SSSR count). The number of rotatable bonds is 9. The summed E-state index contributed by atoms with van der Waals surface area (Å²) >= 11 is 1.63. The fourth-order valence-electron chi connectivity index (χ4n) is 2.49. The molecule has 5 nitrogen and oxygen atoms in total. The van der Waals surface area contributed by atoms with Crippen LogP contribution in [0.2, 0.25) is 0 Å². The summed E-state index contributed by atoms with van der Waals surface area (Å²) in [6, 6.07) is 18.2. The highest BCUT2D eigenvalue weighted by Crippen LogP contribution is 2.05. The van der Waals surface area contributed by atoms with Gasteiger partial charge in [0.15, 0.2) is 0 Å². The van der Waals surface area contributed by atoms with E-state index in [9.17, 15) is 9.59 Å². The van der Waals surface area contributed by atoms with E-state index in [4.69, 9.17) is 0 Å². The van der Waals surface area contributed by atoms with Crippen LogP contribution in [0.3, 0.4) is 0 Å². The van der Waals surface area contributed by atoms with Crippen LogP contribution in [0.15, 0.2) is 65.8 Å². The normalized spacial score (nSPS) is 12.3. The number of nitrogens with zero attached hydrogens (tertiary/aromatic N) is 1. The summed E-state index contributed by atoms with van der Waals surface area (Å²) in [5.74, 6) is 0.197. The molecule has 142 valence electrons. The molecule has 0 radical (unpaired) electrons. The first-order valence-electron chi connectivity index (χ1n) is 8.82. The van der Waals surface area contributed by atoms with Crippen molar-refractivity contribution < 1.29 is 9.59 Å². The van der Waals surface area contributed by atoms with Crippen molar-refractivity contribution in [2.75, 3.05) is 12.0 Å². The molecular formula is C21H25N3O2S. The minimum absolute atomic E-state index is 0.262. The molecule has 1 atom stereocenters. The predicted octanol–water partition coefficient (Wildman–Crippen LogP) is 3.27. The maximum atomic E-state index is 12.5. The van der Waals surface area contributed by atoms with Crippen molar-refractivity contribution in [3.63, 3.8) is 0 Å². The molecule has 0 aliphatic rings. The highest BCUT2D eigenvalue weighted by atomic mass is 32.2. The maximum Gasteiger partial charge on any atom is 0.262 e. The highest BCUT2D eigenvalue weighted by molar-refractivity contribution is 7.98. The third-order valence-electron chi connectivity index (χ3n) is 3.93. The summed E-state index contributed by atoms with van der Waals surface area (Å²) in [7, 11) is 0. The molecule has 0 aliphatic carbocycles. The van der Waals surface area contributed by atoms with E-state index in [1.165, 1.54) is 0 Å². The summed E-state index contributed by atoms with van der Waals surface area (Å²) in [4.78, 5) is 24.9. The molecule has 0 fully saturated rings. The zero-order valence-corrected chi connectivity index (χ0v) is 16.5. The second kappa shape index (κ2) is 11.2. The molecule has 0 unspecified atom stereocenters. The van der Waals surface area contributed by atoms with Crippen LogP contribution in [0.5, 0.6) is 0 Å². The van der Waals surface area contributed by atoms with Crippen LogP contribution in [0.4, 0.5) is 0 Å². The highest BCUT2D eigenvalue weighted by Gasteiger charge is 2.20. The lowest BCUT2D eigenvalue weighted by Crippen LogP contribution is -2.46. The van der Waals surface area contributed by atoms with Gasteiger partial charge in [0.05, 0.1) is 0 Å². The fraction of sp³-hybridized carbons (Fsp3) is 0.286. The van der Waals surface area contributed by atoms with Crippen molar-refractivity contribution in [2.24, 2.45) is 5.10 Å². The van der Waals surface area contributed by atoms with Crippen LogP contribution in [0.25, 0.3) is 0 Å². The molecule has 2 aromatic carbocycles. The summed E-state index contributed by atoms with van der Waals surface area (Å²) in [6.07, 6.45) is 3.17. The van der Waals surface area contributed by atoms with Crippen molar-refractivity contribution in [3.8, 4) is 0 Å². The molecule has 2 aromatic rings. The molecule has 0 saturated carbocycles. The van der Waals surface area contributed by atoms with E-state index in [-0.39, 0.29) is 11.8 Å². The average molecular weight is 384 g/mol. The summed E-state index contributed by atoms with van der Waals surface area (Å²) in [6.45, 7) is 1.87. The quantitative estimate of drug-likeness (QED) is 0.516. The number of hydrogen-bond acceptors (Lipinski definition) is 4. The molecule has 6 heteroatoms. The Hall–Kier alpha value is -2.60. The van der Waals surface area contributed by atoms with E-state index < -0.39 is 6.04 Å². The average Bonchev–Trinajstić information content (AvgIpc) is 2.70. The fourth-order valence-corrected chi connectivity index (χ4v) is 2.97. The van der Waals surface area contributed by atoms with Crippen LogP contribution >= 0.6 is 11.8 Å². The minimum Gasteiger partial charge on any atom is -0.340 e. The van der Waals surface area contributed by atoms with Crippen LogP contribution in [-0.4, -0.2) is 35.6 Å². The number of carbonyl (C=O) groups excluding carboxylic acids is 2. The third-order valence-corrected chi connectivity index (χ3v) is 4.57. The second-order valence-corrected chi connectivity index (χ2v) is 7.14. The molecule has 0 bridgehead atoms. The summed E-state index contributed by atoms with van der Waals surface area (Å²) in [5.41, 5.74) is 5.05. The minimum atomic E-state index is -0.626. The molecule has 0 saturated heterocycles. The van der Waals surface area contributed by atoms with Gasteiger partial charge in [-0.05, 0) is 43.0 Å². The van der Waals surface area contributed by atoms with Crippen molar-refractivity contribution in [2.45, 2.75) is 25.8 Å². The Morgan fingerprint density at radius 2 is 1.67 bits per heavy atom. The lowest BCUT2D eigenvalue weighted by Gasteiger charge is -2.17. The second-order valence-electron chi connectivity index (χ2n) is 6.16. The first kappa shape index (κ1) is 20.7. The predicted molar refractivity (Wildman–Crippen MR) is 112 cm³/mol. The number of benzene rings is 2. The van der Waals surface area contributed by atoms with E-state index in [2.05, 4.69) is 15.8 Å². The van der Waals surface area contributed by atoms with Gasteiger partial charge in [0.1, 0.15) is 6.04 Å². The van der Waals surface area contributed by atoms with E-state index in [0.717, 1.165) is 17.0 Å². The molecule has 2 amide bonds. The van der Waals surface area contributed by atoms with Gasteiger partial charge >= 0.3 is 0 Å². The van der Waals surface area contributed by atoms with E-state index in [1.54, 1.807) is 36.0 Å². The third kappa shape index (κ3) is 7.27. The van der Waals surface area contributed by atoms with Gasteiger partial charge in [0, 0.05) is 17.7 Å². The van der Waals surface area contributed by atoms with E-state index in [0.29, 0.717) is 18.4 Å². The number of amides is 2. The van der Waals surface area contributed by atoms with Gasteiger partial charge in [0.25, 0.3) is 11.8 Å². The number of thioether (sulfide) groups is 1. The van der Waals surface area contributed by atoms with Gasteiger partial charge in [-0.15, -0.1) is 0 Å². The summed E-state index contributed by atoms with van der Waals surface area (Å²) in [5, 5.41) is 7.00.